The highest BCUT2D eigenvalue weighted by Crippen LogP contribution is 2.19. The van der Waals surface area contributed by atoms with Crippen LogP contribution in [-0.4, -0.2) is 42.8 Å². The van der Waals surface area contributed by atoms with Crippen LogP contribution in [0.3, 0.4) is 0 Å². The Morgan fingerprint density at radius 2 is 1.69 bits per heavy atom. The molecular formula is C7H13F3O3. The number of hydrogen-bond donors (Lipinski definition) is 2. The molecule has 0 amide bonds. The first kappa shape index (κ1) is 12.7. The molecule has 0 radical (unpaired) electrons. The predicted octanol–water partition coefficient (Wildman–Crippen LogP) is 0.556. The lowest BCUT2D eigenvalue weighted by atomic mass is 10.2. The molecule has 0 rings (SSSR count). The molecule has 0 aliphatic heterocycles. The summed E-state index contributed by atoms with van der Waals surface area (Å²) in [6, 6.07) is 0. The van der Waals surface area contributed by atoms with Crippen LogP contribution in [0.1, 0.15) is 6.42 Å². The molecular weight excluding hydrogens is 189 g/mol. The van der Waals surface area contributed by atoms with Gasteiger partial charge in [0, 0.05) is 5.92 Å². The van der Waals surface area contributed by atoms with E-state index in [0.717, 1.165) is 0 Å². The minimum Gasteiger partial charge on any atom is -0.396 e. The second-order valence-electron chi connectivity index (χ2n) is 2.67. The molecule has 80 valence electrons. The average molecular weight is 202 g/mol. The summed E-state index contributed by atoms with van der Waals surface area (Å²) < 4.78 is 39.3. The van der Waals surface area contributed by atoms with Gasteiger partial charge in [-0.25, -0.2) is 0 Å². The summed E-state index contributed by atoms with van der Waals surface area (Å²) in [5.74, 6) is -0.492. The highest BCUT2D eigenvalue weighted by atomic mass is 19.4. The summed E-state index contributed by atoms with van der Waals surface area (Å²) in [5, 5.41) is 17.0. The molecule has 0 heterocycles. The first-order chi connectivity index (χ1) is 5.99. The maximum atomic E-state index is 11.6. The lowest BCUT2D eigenvalue weighted by Gasteiger charge is -2.11. The molecule has 0 aliphatic carbocycles. The van der Waals surface area contributed by atoms with Gasteiger partial charge in [0.25, 0.3) is 0 Å². The second-order valence-corrected chi connectivity index (χ2v) is 2.67. The van der Waals surface area contributed by atoms with E-state index >= 15 is 0 Å². The van der Waals surface area contributed by atoms with Gasteiger partial charge in [0.1, 0.15) is 0 Å². The van der Waals surface area contributed by atoms with E-state index in [2.05, 4.69) is 4.74 Å². The Balaban J connectivity index is 3.34. The minimum absolute atomic E-state index is 0.0525. The van der Waals surface area contributed by atoms with E-state index in [4.69, 9.17) is 10.2 Å². The maximum absolute atomic E-state index is 11.6. The van der Waals surface area contributed by atoms with Crippen molar-refractivity contribution in [2.24, 2.45) is 5.92 Å². The third-order valence-electron chi connectivity index (χ3n) is 1.40. The molecule has 0 aromatic rings. The van der Waals surface area contributed by atoms with Crippen LogP contribution in [0.25, 0.3) is 0 Å². The fourth-order valence-corrected chi connectivity index (χ4v) is 0.601. The average Bonchev–Trinajstić information content (AvgIpc) is 2.03. The van der Waals surface area contributed by atoms with Crippen LogP contribution in [0.5, 0.6) is 0 Å². The summed E-state index contributed by atoms with van der Waals surface area (Å²) in [6.07, 6.45) is -5.22. The molecule has 13 heavy (non-hydrogen) atoms. The topological polar surface area (TPSA) is 49.7 Å². The van der Waals surface area contributed by atoms with Crippen molar-refractivity contribution in [3.05, 3.63) is 0 Å². The lowest BCUT2D eigenvalue weighted by molar-refractivity contribution is -0.146. The normalized spacial score (nSPS) is 12.5. The first-order valence-electron chi connectivity index (χ1n) is 3.86. The van der Waals surface area contributed by atoms with Gasteiger partial charge >= 0.3 is 6.18 Å². The smallest absolute Gasteiger partial charge is 0.391 e. The SMILES string of the molecule is OCC(CO)COCCC(F)(F)F. The summed E-state index contributed by atoms with van der Waals surface area (Å²) in [7, 11) is 0. The number of ether oxygens (including phenoxy) is 1. The van der Waals surface area contributed by atoms with Crippen molar-refractivity contribution in [2.45, 2.75) is 12.6 Å². The molecule has 6 heteroatoms. The van der Waals surface area contributed by atoms with E-state index in [9.17, 15) is 13.2 Å². The number of alkyl halides is 3. The highest BCUT2D eigenvalue weighted by molar-refractivity contribution is 4.54. The molecule has 0 aromatic heterocycles. The molecule has 3 nitrogen and oxygen atoms in total. The summed E-state index contributed by atoms with van der Waals surface area (Å²) in [4.78, 5) is 0. The molecule has 0 unspecified atom stereocenters. The van der Waals surface area contributed by atoms with Gasteiger partial charge in [0.15, 0.2) is 0 Å². The van der Waals surface area contributed by atoms with Crippen LogP contribution in [0, 0.1) is 5.92 Å². The fraction of sp³-hybridized carbons (Fsp3) is 1.00. The Labute approximate surface area is 74.1 Å². The lowest BCUT2D eigenvalue weighted by Crippen LogP contribution is -2.20. The highest BCUT2D eigenvalue weighted by Gasteiger charge is 2.26. The van der Waals surface area contributed by atoms with Crippen LogP contribution in [0.4, 0.5) is 13.2 Å². The van der Waals surface area contributed by atoms with E-state index in [-0.39, 0.29) is 19.8 Å². The number of halogens is 3. The van der Waals surface area contributed by atoms with Crippen molar-refractivity contribution >= 4 is 0 Å². The van der Waals surface area contributed by atoms with Gasteiger partial charge in [-0.2, -0.15) is 13.2 Å². The van der Waals surface area contributed by atoms with Crippen LogP contribution < -0.4 is 0 Å². The van der Waals surface area contributed by atoms with Crippen LogP contribution in [-0.2, 0) is 4.74 Å². The van der Waals surface area contributed by atoms with E-state index in [1.807, 2.05) is 0 Å². The molecule has 0 atom stereocenters. The predicted molar refractivity (Wildman–Crippen MR) is 39.2 cm³/mol. The van der Waals surface area contributed by atoms with Gasteiger partial charge in [0.2, 0.25) is 0 Å². The standard InChI is InChI=1S/C7H13F3O3/c8-7(9,10)1-2-13-5-6(3-11)4-12/h6,11-12H,1-5H2. The van der Waals surface area contributed by atoms with Gasteiger partial charge in [-0.05, 0) is 0 Å². The minimum atomic E-state index is -4.21. The quantitative estimate of drug-likeness (QED) is 0.618. The van der Waals surface area contributed by atoms with Crippen molar-refractivity contribution < 1.29 is 28.1 Å². The zero-order valence-corrected chi connectivity index (χ0v) is 7.05. The van der Waals surface area contributed by atoms with Crippen LogP contribution in [0.2, 0.25) is 0 Å². The van der Waals surface area contributed by atoms with Gasteiger partial charge in [-0.1, -0.05) is 0 Å². The van der Waals surface area contributed by atoms with Crippen LogP contribution >= 0.6 is 0 Å². The third-order valence-corrected chi connectivity index (χ3v) is 1.40. The zero-order chi connectivity index (χ0) is 10.3. The molecule has 0 aromatic carbocycles. The van der Waals surface area contributed by atoms with Crippen molar-refractivity contribution in [2.75, 3.05) is 26.4 Å². The Hall–Kier alpha value is -0.330. The number of hydrogen-bond acceptors (Lipinski definition) is 3. The van der Waals surface area contributed by atoms with Gasteiger partial charge in [0.05, 0.1) is 32.8 Å². The molecule has 0 saturated heterocycles. The molecule has 0 aliphatic rings. The third kappa shape index (κ3) is 8.01. The Morgan fingerprint density at radius 3 is 2.08 bits per heavy atom. The Kier molecular flexibility index (Phi) is 6.02. The number of aliphatic hydroxyl groups is 2. The summed E-state index contributed by atoms with van der Waals surface area (Å²) >= 11 is 0. The summed E-state index contributed by atoms with van der Waals surface area (Å²) in [6.45, 7) is -1.06. The Bertz CT molecular complexity index is 123. The second kappa shape index (κ2) is 6.17. The largest absolute Gasteiger partial charge is 0.396 e. The van der Waals surface area contributed by atoms with E-state index in [1.54, 1.807) is 0 Å². The number of rotatable bonds is 6. The maximum Gasteiger partial charge on any atom is 0.391 e. The monoisotopic (exact) mass is 202 g/mol. The molecule has 0 fully saturated rings. The molecule has 0 saturated carbocycles. The molecule has 0 bridgehead atoms. The van der Waals surface area contributed by atoms with E-state index in [1.165, 1.54) is 0 Å². The van der Waals surface area contributed by atoms with Crippen molar-refractivity contribution in [1.29, 1.82) is 0 Å². The molecule has 0 spiro atoms. The zero-order valence-electron chi connectivity index (χ0n) is 7.05. The van der Waals surface area contributed by atoms with E-state index in [0.29, 0.717) is 0 Å². The van der Waals surface area contributed by atoms with Crippen molar-refractivity contribution in [3.8, 4) is 0 Å². The molecule has 2 N–H and O–H groups in total. The van der Waals surface area contributed by atoms with Gasteiger partial charge < -0.3 is 14.9 Å². The van der Waals surface area contributed by atoms with E-state index < -0.39 is 25.1 Å². The number of aliphatic hydroxyl groups excluding tert-OH is 2. The van der Waals surface area contributed by atoms with Crippen molar-refractivity contribution in [1.82, 2.24) is 0 Å². The fourth-order valence-electron chi connectivity index (χ4n) is 0.601. The Morgan fingerprint density at radius 1 is 1.15 bits per heavy atom. The van der Waals surface area contributed by atoms with Gasteiger partial charge in [-0.15, -0.1) is 0 Å². The van der Waals surface area contributed by atoms with Crippen LogP contribution in [0.15, 0.2) is 0 Å². The summed E-state index contributed by atoms with van der Waals surface area (Å²) in [5.41, 5.74) is 0. The van der Waals surface area contributed by atoms with Gasteiger partial charge in [-0.3, -0.25) is 0 Å². The van der Waals surface area contributed by atoms with Crippen molar-refractivity contribution in [3.63, 3.8) is 0 Å². The first-order valence-corrected chi connectivity index (χ1v) is 3.86.